The van der Waals surface area contributed by atoms with Gasteiger partial charge >= 0.3 is 0 Å². The van der Waals surface area contributed by atoms with Crippen LogP contribution in [0.3, 0.4) is 0 Å². The SMILES string of the molecule is Cc1cc(OCC(=O)NCc2ccccc2Cl)c(C)c(C)c1Br. The summed E-state index contributed by atoms with van der Waals surface area (Å²) in [6.45, 7) is 6.37. The summed E-state index contributed by atoms with van der Waals surface area (Å²) in [5.74, 6) is 0.554. The molecule has 0 aliphatic heterocycles. The smallest absolute Gasteiger partial charge is 0.258 e. The van der Waals surface area contributed by atoms with Crippen molar-refractivity contribution in [2.75, 3.05) is 6.61 Å². The van der Waals surface area contributed by atoms with Crippen molar-refractivity contribution >= 4 is 33.4 Å². The zero-order valence-electron chi connectivity index (χ0n) is 13.4. The fourth-order valence-electron chi connectivity index (χ4n) is 2.19. The monoisotopic (exact) mass is 395 g/mol. The van der Waals surface area contributed by atoms with Gasteiger partial charge in [0, 0.05) is 16.0 Å². The van der Waals surface area contributed by atoms with Crippen LogP contribution in [0.4, 0.5) is 0 Å². The molecule has 0 atom stereocenters. The Morgan fingerprint density at radius 3 is 2.61 bits per heavy atom. The quantitative estimate of drug-likeness (QED) is 0.794. The summed E-state index contributed by atoms with van der Waals surface area (Å²) in [6, 6.07) is 9.37. The highest BCUT2D eigenvalue weighted by Gasteiger charge is 2.11. The summed E-state index contributed by atoms with van der Waals surface area (Å²) >= 11 is 9.62. The van der Waals surface area contributed by atoms with E-state index < -0.39 is 0 Å². The number of nitrogens with one attached hydrogen (secondary N) is 1. The molecule has 0 aliphatic carbocycles. The van der Waals surface area contributed by atoms with Gasteiger partial charge in [-0.05, 0) is 55.2 Å². The number of halogens is 2. The van der Waals surface area contributed by atoms with E-state index in [1.165, 1.54) is 0 Å². The molecule has 0 bridgehead atoms. The van der Waals surface area contributed by atoms with Crippen LogP contribution in [-0.4, -0.2) is 12.5 Å². The molecule has 0 saturated heterocycles. The van der Waals surface area contributed by atoms with Crippen LogP contribution < -0.4 is 10.1 Å². The van der Waals surface area contributed by atoms with Crippen molar-refractivity contribution in [1.82, 2.24) is 5.32 Å². The minimum absolute atomic E-state index is 0.0220. The van der Waals surface area contributed by atoms with Gasteiger partial charge in [0.15, 0.2) is 6.61 Å². The highest BCUT2D eigenvalue weighted by atomic mass is 79.9. The van der Waals surface area contributed by atoms with Gasteiger partial charge < -0.3 is 10.1 Å². The molecule has 1 amide bonds. The van der Waals surface area contributed by atoms with E-state index in [9.17, 15) is 4.79 Å². The highest BCUT2D eigenvalue weighted by Crippen LogP contribution is 2.31. The van der Waals surface area contributed by atoms with E-state index in [-0.39, 0.29) is 12.5 Å². The number of aryl methyl sites for hydroxylation is 1. The molecule has 5 heteroatoms. The fraction of sp³-hybridized carbons (Fsp3) is 0.278. The van der Waals surface area contributed by atoms with Crippen molar-refractivity contribution in [2.45, 2.75) is 27.3 Å². The Labute approximate surface area is 150 Å². The number of hydrogen-bond donors (Lipinski definition) is 1. The Balaban J connectivity index is 1.94. The molecular weight excluding hydrogens is 378 g/mol. The van der Waals surface area contributed by atoms with E-state index in [0.29, 0.717) is 11.6 Å². The second-order valence-electron chi connectivity index (χ2n) is 5.41. The molecule has 2 aromatic carbocycles. The number of benzene rings is 2. The van der Waals surface area contributed by atoms with Gasteiger partial charge in [-0.2, -0.15) is 0 Å². The molecule has 0 aliphatic rings. The predicted molar refractivity (Wildman–Crippen MR) is 97.1 cm³/mol. The first-order chi connectivity index (χ1) is 10.9. The van der Waals surface area contributed by atoms with Crippen molar-refractivity contribution in [3.8, 4) is 5.75 Å². The Kier molecular flexibility index (Phi) is 6.08. The second-order valence-corrected chi connectivity index (χ2v) is 6.61. The van der Waals surface area contributed by atoms with E-state index in [2.05, 4.69) is 21.2 Å². The minimum Gasteiger partial charge on any atom is -0.483 e. The number of ether oxygens (including phenoxy) is 1. The largest absolute Gasteiger partial charge is 0.483 e. The summed E-state index contributed by atoms with van der Waals surface area (Å²) < 4.78 is 6.74. The Morgan fingerprint density at radius 2 is 1.91 bits per heavy atom. The van der Waals surface area contributed by atoms with E-state index in [0.717, 1.165) is 32.5 Å². The van der Waals surface area contributed by atoms with Crippen molar-refractivity contribution in [2.24, 2.45) is 0 Å². The molecule has 0 spiro atoms. The summed E-state index contributed by atoms with van der Waals surface area (Å²) in [6.07, 6.45) is 0. The van der Waals surface area contributed by atoms with Crippen LogP contribution in [0, 0.1) is 20.8 Å². The van der Waals surface area contributed by atoms with Crippen LogP contribution in [0.5, 0.6) is 5.75 Å². The molecule has 2 rings (SSSR count). The minimum atomic E-state index is -0.178. The lowest BCUT2D eigenvalue weighted by Crippen LogP contribution is -2.28. The number of hydrogen-bond acceptors (Lipinski definition) is 2. The van der Waals surface area contributed by atoms with Crippen LogP contribution in [0.25, 0.3) is 0 Å². The number of rotatable bonds is 5. The molecule has 122 valence electrons. The number of amides is 1. The summed E-state index contributed by atoms with van der Waals surface area (Å²) in [5.41, 5.74) is 4.12. The van der Waals surface area contributed by atoms with Gasteiger partial charge in [0.2, 0.25) is 0 Å². The number of carbonyl (C=O) groups excluding carboxylic acids is 1. The molecule has 0 heterocycles. The standard InChI is InChI=1S/C18H19BrClNO2/c1-11-8-16(12(2)13(3)18(11)19)23-10-17(22)21-9-14-6-4-5-7-15(14)20/h4-8H,9-10H2,1-3H3,(H,21,22). The first-order valence-electron chi connectivity index (χ1n) is 7.29. The van der Waals surface area contributed by atoms with Gasteiger partial charge in [0.1, 0.15) is 5.75 Å². The van der Waals surface area contributed by atoms with Gasteiger partial charge in [-0.15, -0.1) is 0 Å². The molecule has 0 radical (unpaired) electrons. The molecule has 0 unspecified atom stereocenters. The third-order valence-corrected chi connectivity index (χ3v) is 5.34. The lowest BCUT2D eigenvalue weighted by molar-refractivity contribution is -0.123. The van der Waals surface area contributed by atoms with Gasteiger partial charge in [0.05, 0.1) is 0 Å². The molecule has 0 fully saturated rings. The maximum Gasteiger partial charge on any atom is 0.258 e. The normalized spacial score (nSPS) is 10.5. The van der Waals surface area contributed by atoms with Gasteiger partial charge in [-0.25, -0.2) is 0 Å². The summed E-state index contributed by atoms with van der Waals surface area (Å²) in [7, 11) is 0. The van der Waals surface area contributed by atoms with E-state index in [1.807, 2.05) is 45.0 Å². The maximum absolute atomic E-state index is 12.0. The van der Waals surface area contributed by atoms with Gasteiger partial charge in [-0.1, -0.05) is 45.7 Å². The van der Waals surface area contributed by atoms with E-state index in [1.54, 1.807) is 6.07 Å². The van der Waals surface area contributed by atoms with Crippen molar-refractivity contribution in [1.29, 1.82) is 0 Å². The Hall–Kier alpha value is -1.52. The molecule has 0 saturated carbocycles. The van der Waals surface area contributed by atoms with Crippen LogP contribution in [0.1, 0.15) is 22.3 Å². The molecule has 0 aromatic heterocycles. The zero-order chi connectivity index (χ0) is 17.0. The van der Waals surface area contributed by atoms with Gasteiger partial charge in [0.25, 0.3) is 5.91 Å². The van der Waals surface area contributed by atoms with Crippen LogP contribution in [0.2, 0.25) is 5.02 Å². The van der Waals surface area contributed by atoms with Crippen LogP contribution in [0.15, 0.2) is 34.8 Å². The molecule has 23 heavy (non-hydrogen) atoms. The van der Waals surface area contributed by atoms with Crippen molar-refractivity contribution in [3.05, 3.63) is 62.1 Å². The maximum atomic E-state index is 12.0. The van der Waals surface area contributed by atoms with Crippen LogP contribution in [-0.2, 0) is 11.3 Å². The van der Waals surface area contributed by atoms with Crippen molar-refractivity contribution in [3.63, 3.8) is 0 Å². The second kappa shape index (κ2) is 7.84. The molecule has 3 nitrogen and oxygen atoms in total. The van der Waals surface area contributed by atoms with E-state index >= 15 is 0 Å². The lowest BCUT2D eigenvalue weighted by Gasteiger charge is -2.14. The highest BCUT2D eigenvalue weighted by molar-refractivity contribution is 9.10. The average Bonchev–Trinajstić information content (AvgIpc) is 2.54. The Morgan fingerprint density at radius 1 is 1.22 bits per heavy atom. The molecule has 2 aromatic rings. The van der Waals surface area contributed by atoms with E-state index in [4.69, 9.17) is 16.3 Å². The third-order valence-electron chi connectivity index (χ3n) is 3.75. The Bertz CT molecular complexity index is 731. The lowest BCUT2D eigenvalue weighted by atomic mass is 10.1. The van der Waals surface area contributed by atoms with Gasteiger partial charge in [-0.3, -0.25) is 4.79 Å². The molecule has 1 N–H and O–H groups in total. The zero-order valence-corrected chi connectivity index (χ0v) is 15.7. The van der Waals surface area contributed by atoms with Crippen molar-refractivity contribution < 1.29 is 9.53 Å². The predicted octanol–water partition coefficient (Wildman–Crippen LogP) is 4.72. The third kappa shape index (κ3) is 4.49. The summed E-state index contributed by atoms with van der Waals surface area (Å²) in [4.78, 5) is 12.0. The number of carbonyl (C=O) groups is 1. The summed E-state index contributed by atoms with van der Waals surface area (Å²) in [5, 5.41) is 3.45. The topological polar surface area (TPSA) is 38.3 Å². The molecular formula is C18H19BrClNO2. The average molecular weight is 397 g/mol. The first-order valence-corrected chi connectivity index (χ1v) is 8.46. The first kappa shape index (κ1) is 17.8. The fourth-order valence-corrected chi connectivity index (χ4v) is 2.81. The van der Waals surface area contributed by atoms with Crippen LogP contribution >= 0.6 is 27.5 Å².